The second-order valence-electron chi connectivity index (χ2n) is 8.02. The molecule has 1 fully saturated rings. The Morgan fingerprint density at radius 1 is 1.13 bits per heavy atom. The molecule has 0 atom stereocenters. The molecular formula is C23H28N6OS. The van der Waals surface area contributed by atoms with Crippen LogP contribution in [0.1, 0.15) is 40.7 Å². The summed E-state index contributed by atoms with van der Waals surface area (Å²) in [4.78, 5) is 29.2. The van der Waals surface area contributed by atoms with Gasteiger partial charge in [-0.2, -0.15) is 0 Å². The van der Waals surface area contributed by atoms with Gasteiger partial charge in [-0.25, -0.2) is 9.97 Å². The number of hydrogen-bond acceptors (Lipinski definition) is 7. The summed E-state index contributed by atoms with van der Waals surface area (Å²) in [6.07, 6.45) is 3.88. The molecule has 1 aliphatic rings. The SMILES string of the molecule is Cc1cccc(Nc2ccc(C3CCN(CC(=O)Nc4nc(C)c(C)s4)CC3)nc2)n1. The number of likely N-dealkylation sites (tertiary alicyclic amines) is 1. The molecule has 0 saturated carbocycles. The highest BCUT2D eigenvalue weighted by atomic mass is 32.1. The Hall–Kier alpha value is -2.84. The van der Waals surface area contributed by atoms with Crippen molar-refractivity contribution in [1.82, 2.24) is 19.9 Å². The maximum Gasteiger partial charge on any atom is 0.240 e. The lowest BCUT2D eigenvalue weighted by molar-refractivity contribution is -0.117. The third kappa shape index (κ3) is 5.65. The monoisotopic (exact) mass is 436 g/mol. The topological polar surface area (TPSA) is 83.0 Å². The molecule has 2 N–H and O–H groups in total. The first kappa shape index (κ1) is 21.4. The lowest BCUT2D eigenvalue weighted by Crippen LogP contribution is -2.38. The molecule has 0 aliphatic carbocycles. The van der Waals surface area contributed by atoms with Crippen LogP contribution in [0.15, 0.2) is 36.5 Å². The zero-order valence-electron chi connectivity index (χ0n) is 18.2. The standard InChI is InChI=1S/C23H28N6OS/c1-15-5-4-6-21(25-15)27-19-7-8-20(24-13-19)18-9-11-29(12-10-18)14-22(30)28-23-26-16(2)17(3)31-23/h4-8,13,18H,9-12,14H2,1-3H3,(H,25,27)(H,26,28,30). The zero-order chi connectivity index (χ0) is 21.8. The van der Waals surface area contributed by atoms with Gasteiger partial charge in [-0.3, -0.25) is 14.7 Å². The Kier molecular flexibility index (Phi) is 6.58. The van der Waals surface area contributed by atoms with Crippen molar-refractivity contribution in [2.24, 2.45) is 0 Å². The molecular weight excluding hydrogens is 408 g/mol. The number of piperidine rings is 1. The minimum Gasteiger partial charge on any atom is -0.339 e. The maximum atomic E-state index is 12.4. The van der Waals surface area contributed by atoms with Crippen LogP contribution in [0.25, 0.3) is 0 Å². The molecule has 4 heterocycles. The van der Waals surface area contributed by atoms with Crippen molar-refractivity contribution < 1.29 is 4.79 Å². The molecule has 0 radical (unpaired) electrons. The smallest absolute Gasteiger partial charge is 0.240 e. The van der Waals surface area contributed by atoms with Crippen LogP contribution in [0.4, 0.5) is 16.6 Å². The maximum absolute atomic E-state index is 12.4. The van der Waals surface area contributed by atoms with Crippen LogP contribution < -0.4 is 10.6 Å². The number of pyridine rings is 2. The summed E-state index contributed by atoms with van der Waals surface area (Å²) in [5.74, 6) is 1.25. The van der Waals surface area contributed by atoms with E-state index in [4.69, 9.17) is 0 Å². The number of rotatable bonds is 6. The summed E-state index contributed by atoms with van der Waals surface area (Å²) in [6, 6.07) is 10.1. The minimum absolute atomic E-state index is 0.00510. The van der Waals surface area contributed by atoms with Crippen molar-refractivity contribution >= 4 is 33.9 Å². The molecule has 3 aromatic heterocycles. The predicted octanol–water partition coefficient (Wildman–Crippen LogP) is 4.42. The zero-order valence-corrected chi connectivity index (χ0v) is 19.0. The van der Waals surface area contributed by atoms with Crippen LogP contribution in [0.5, 0.6) is 0 Å². The molecule has 1 saturated heterocycles. The van der Waals surface area contributed by atoms with Crippen molar-refractivity contribution in [2.45, 2.75) is 39.5 Å². The first-order valence-electron chi connectivity index (χ1n) is 10.6. The number of hydrogen-bond donors (Lipinski definition) is 2. The molecule has 0 spiro atoms. The number of nitrogens with zero attached hydrogens (tertiary/aromatic N) is 4. The minimum atomic E-state index is 0.00510. The number of aromatic nitrogens is 3. The van der Waals surface area contributed by atoms with Crippen LogP contribution in [-0.4, -0.2) is 45.4 Å². The molecule has 1 aliphatic heterocycles. The first-order valence-corrected chi connectivity index (χ1v) is 11.4. The summed E-state index contributed by atoms with van der Waals surface area (Å²) in [6.45, 7) is 8.14. The lowest BCUT2D eigenvalue weighted by atomic mass is 9.93. The van der Waals surface area contributed by atoms with Gasteiger partial charge in [0.05, 0.1) is 24.1 Å². The number of aryl methyl sites for hydroxylation is 3. The quantitative estimate of drug-likeness (QED) is 0.595. The Morgan fingerprint density at radius 3 is 2.58 bits per heavy atom. The van der Waals surface area contributed by atoms with Crippen LogP contribution in [0, 0.1) is 20.8 Å². The number of carbonyl (C=O) groups excluding carboxylic acids is 1. The Labute approximate surface area is 187 Å². The summed E-state index contributed by atoms with van der Waals surface area (Å²) >= 11 is 1.53. The number of carbonyl (C=O) groups is 1. The molecule has 8 heteroatoms. The average Bonchev–Trinajstić information content (AvgIpc) is 3.06. The van der Waals surface area contributed by atoms with Gasteiger partial charge in [-0.1, -0.05) is 6.07 Å². The van der Waals surface area contributed by atoms with Crippen LogP contribution in [-0.2, 0) is 4.79 Å². The van der Waals surface area contributed by atoms with E-state index in [2.05, 4.69) is 42.6 Å². The van der Waals surface area contributed by atoms with E-state index >= 15 is 0 Å². The average molecular weight is 437 g/mol. The Bertz CT molecular complexity index is 1020. The van der Waals surface area contributed by atoms with E-state index in [0.29, 0.717) is 17.6 Å². The highest BCUT2D eigenvalue weighted by molar-refractivity contribution is 7.15. The summed E-state index contributed by atoms with van der Waals surface area (Å²) < 4.78 is 0. The van der Waals surface area contributed by atoms with E-state index < -0.39 is 0 Å². The fourth-order valence-corrected chi connectivity index (χ4v) is 4.59. The first-order chi connectivity index (χ1) is 15.0. The Morgan fingerprint density at radius 2 is 1.94 bits per heavy atom. The molecule has 0 unspecified atom stereocenters. The van der Waals surface area contributed by atoms with Gasteiger partial charge in [-0.15, -0.1) is 11.3 Å². The Balaban J connectivity index is 1.26. The number of thiazole rings is 1. The highest BCUT2D eigenvalue weighted by Crippen LogP contribution is 2.28. The van der Waals surface area contributed by atoms with E-state index in [9.17, 15) is 4.79 Å². The molecule has 1 amide bonds. The second kappa shape index (κ2) is 9.53. The third-order valence-electron chi connectivity index (χ3n) is 5.60. The van der Waals surface area contributed by atoms with Crippen LogP contribution in [0.2, 0.25) is 0 Å². The van der Waals surface area contributed by atoms with Crippen LogP contribution in [0.3, 0.4) is 0 Å². The van der Waals surface area contributed by atoms with E-state index in [-0.39, 0.29) is 5.91 Å². The lowest BCUT2D eigenvalue weighted by Gasteiger charge is -2.31. The van der Waals surface area contributed by atoms with Gasteiger partial charge in [0.2, 0.25) is 5.91 Å². The predicted molar refractivity (Wildman–Crippen MR) is 125 cm³/mol. The van der Waals surface area contributed by atoms with Gasteiger partial charge in [0, 0.05) is 22.2 Å². The molecule has 7 nitrogen and oxygen atoms in total. The number of anilines is 3. The fourth-order valence-electron chi connectivity index (χ4n) is 3.76. The van der Waals surface area contributed by atoms with Crippen molar-refractivity contribution in [1.29, 1.82) is 0 Å². The molecule has 4 rings (SSSR count). The van der Waals surface area contributed by atoms with E-state index in [1.54, 1.807) is 0 Å². The summed E-state index contributed by atoms with van der Waals surface area (Å²) in [7, 11) is 0. The molecule has 0 bridgehead atoms. The van der Waals surface area contributed by atoms with Gasteiger partial charge in [0.1, 0.15) is 5.82 Å². The van der Waals surface area contributed by atoms with Gasteiger partial charge < -0.3 is 10.6 Å². The largest absolute Gasteiger partial charge is 0.339 e. The van der Waals surface area contributed by atoms with E-state index in [1.165, 1.54) is 11.3 Å². The summed E-state index contributed by atoms with van der Waals surface area (Å²) in [5, 5.41) is 6.91. The van der Waals surface area contributed by atoms with Crippen molar-refractivity contribution in [3.63, 3.8) is 0 Å². The van der Waals surface area contributed by atoms with Gasteiger partial charge in [0.15, 0.2) is 5.13 Å². The molecule has 162 valence electrons. The van der Waals surface area contributed by atoms with Gasteiger partial charge in [0.25, 0.3) is 0 Å². The molecule has 0 aromatic carbocycles. The van der Waals surface area contributed by atoms with Gasteiger partial charge in [-0.05, 0) is 71.0 Å². The van der Waals surface area contributed by atoms with Crippen molar-refractivity contribution in [3.05, 3.63) is 58.5 Å². The van der Waals surface area contributed by atoms with Gasteiger partial charge >= 0.3 is 0 Å². The van der Waals surface area contributed by atoms with E-state index in [0.717, 1.165) is 59.4 Å². The third-order valence-corrected chi connectivity index (χ3v) is 6.58. The summed E-state index contributed by atoms with van der Waals surface area (Å²) in [5.41, 5.74) is 4.00. The molecule has 31 heavy (non-hydrogen) atoms. The number of nitrogens with one attached hydrogen (secondary N) is 2. The molecule has 3 aromatic rings. The van der Waals surface area contributed by atoms with Crippen molar-refractivity contribution in [2.75, 3.05) is 30.3 Å². The second-order valence-corrected chi connectivity index (χ2v) is 9.22. The van der Waals surface area contributed by atoms with Crippen molar-refractivity contribution in [3.8, 4) is 0 Å². The van der Waals surface area contributed by atoms with E-state index in [1.807, 2.05) is 45.2 Å². The highest BCUT2D eigenvalue weighted by Gasteiger charge is 2.23. The number of amides is 1. The van der Waals surface area contributed by atoms with Crippen LogP contribution >= 0.6 is 11.3 Å². The normalized spacial score (nSPS) is 15.1. The fraction of sp³-hybridized carbons (Fsp3) is 0.391.